The van der Waals surface area contributed by atoms with Gasteiger partial charge in [0.2, 0.25) is 0 Å². The van der Waals surface area contributed by atoms with E-state index in [1.807, 2.05) is 0 Å². The fraction of sp³-hybridized carbons (Fsp3) is 0. The van der Waals surface area contributed by atoms with E-state index in [-0.39, 0.29) is 35.3 Å². The van der Waals surface area contributed by atoms with Crippen LogP contribution in [0.25, 0.3) is 0 Å². The average Bonchev–Trinajstić information content (AvgIpc) is 2.08. The van der Waals surface area contributed by atoms with E-state index in [1.165, 1.54) is 0 Å². The van der Waals surface area contributed by atoms with Crippen LogP contribution < -0.4 is 34.7 Å². The minimum Gasteiger partial charge on any atom is -0.871 e. The minimum absolute atomic E-state index is 0. The minimum atomic E-state index is -0.0862. The fourth-order valence-electron chi connectivity index (χ4n) is 0.585. The Labute approximate surface area is 140 Å². The van der Waals surface area contributed by atoms with Crippen molar-refractivity contribution < 1.29 is 34.7 Å². The maximum absolute atomic E-state index is 11.4. The van der Waals surface area contributed by atoms with Gasteiger partial charge in [-0.1, -0.05) is 37.6 Å². The van der Waals surface area contributed by atoms with Gasteiger partial charge in [-0.3, -0.25) is 0 Å². The molecule has 13 heavy (non-hydrogen) atoms. The van der Waals surface area contributed by atoms with E-state index in [0.717, 1.165) is 4.47 Å². The van der Waals surface area contributed by atoms with Crippen LogP contribution in [0.2, 0.25) is 0 Å². The van der Waals surface area contributed by atoms with Crippen LogP contribution in [0, 0.1) is 0 Å². The zero-order valence-corrected chi connectivity index (χ0v) is 16.2. The van der Waals surface area contributed by atoms with Crippen LogP contribution in [0.15, 0.2) is 22.4 Å². The second-order valence-electron chi connectivity index (χ2n) is 1.90. The maximum Gasteiger partial charge on any atom is 1.00 e. The van der Waals surface area contributed by atoms with Crippen LogP contribution in [-0.2, 0) is 0 Å². The molecule has 0 saturated carbocycles. The molecule has 1 aromatic carbocycles. The van der Waals surface area contributed by atoms with Gasteiger partial charge < -0.3 is 5.11 Å². The van der Waals surface area contributed by atoms with E-state index >= 15 is 0 Å². The SMILES string of the molecule is [Na+].[O-]c1c(Br)c(Br)c(Br)c(Br)c1Br. The molecule has 0 fully saturated rings. The smallest absolute Gasteiger partial charge is 0.871 e. The molecule has 0 heterocycles. The van der Waals surface area contributed by atoms with Gasteiger partial charge in [0.1, 0.15) is 0 Å². The molecule has 1 aromatic rings. The van der Waals surface area contributed by atoms with E-state index in [9.17, 15) is 5.11 Å². The molecule has 0 N–H and O–H groups in total. The first kappa shape index (κ1) is 15.4. The van der Waals surface area contributed by atoms with E-state index in [2.05, 4.69) is 79.6 Å². The topological polar surface area (TPSA) is 23.1 Å². The molecule has 0 radical (unpaired) electrons. The van der Waals surface area contributed by atoms with Crippen LogP contribution in [0.4, 0.5) is 0 Å². The molecule has 7 heteroatoms. The normalized spacial score (nSPS) is 9.62. The van der Waals surface area contributed by atoms with Gasteiger partial charge in [-0.15, -0.1) is 0 Å². The van der Waals surface area contributed by atoms with Gasteiger partial charge in [-0.05, 0) is 47.8 Å². The molecule has 0 aromatic heterocycles. The molecule has 66 valence electrons. The maximum atomic E-state index is 11.4. The molecule has 0 bridgehead atoms. The molecule has 0 spiro atoms. The van der Waals surface area contributed by atoms with E-state index in [1.54, 1.807) is 0 Å². The quantitative estimate of drug-likeness (QED) is 0.295. The first-order valence-corrected chi connectivity index (χ1v) is 6.61. The summed E-state index contributed by atoms with van der Waals surface area (Å²) in [5.74, 6) is -0.0862. The van der Waals surface area contributed by atoms with Gasteiger partial charge in [0.25, 0.3) is 0 Å². The van der Waals surface area contributed by atoms with E-state index < -0.39 is 0 Å². The van der Waals surface area contributed by atoms with Crippen molar-refractivity contribution in [3.63, 3.8) is 0 Å². The summed E-state index contributed by atoms with van der Waals surface area (Å²) in [4.78, 5) is 0. The Morgan fingerprint density at radius 2 is 0.846 bits per heavy atom. The van der Waals surface area contributed by atoms with E-state index in [4.69, 9.17) is 0 Å². The average molecular weight is 511 g/mol. The fourth-order valence-corrected chi connectivity index (χ4v) is 3.60. The summed E-state index contributed by atoms with van der Waals surface area (Å²) < 4.78 is 3.24. The summed E-state index contributed by atoms with van der Waals surface area (Å²) in [6.07, 6.45) is 0. The Kier molecular flexibility index (Phi) is 7.39. The van der Waals surface area contributed by atoms with Gasteiger partial charge in [-0.2, -0.15) is 0 Å². The Hall–Kier alpha value is 2.42. The predicted molar refractivity (Wildman–Crippen MR) is 64.4 cm³/mol. The van der Waals surface area contributed by atoms with Gasteiger partial charge >= 0.3 is 29.6 Å². The van der Waals surface area contributed by atoms with Gasteiger partial charge in [0, 0.05) is 22.4 Å². The standard InChI is InChI=1S/C6HBr5O.Na/c7-1-2(8)4(10)6(12)5(11)3(1)9;/h12H;/q;+1/p-1. The second-order valence-corrected chi connectivity index (χ2v) is 5.86. The number of rotatable bonds is 0. The van der Waals surface area contributed by atoms with Crippen molar-refractivity contribution in [3.8, 4) is 5.75 Å². The van der Waals surface area contributed by atoms with Crippen LogP contribution in [-0.4, -0.2) is 0 Å². The number of hydrogen-bond donors (Lipinski definition) is 0. The Balaban J connectivity index is 0.00000144. The largest absolute Gasteiger partial charge is 1.00 e. The van der Waals surface area contributed by atoms with E-state index in [0.29, 0.717) is 17.9 Å². The number of hydrogen-bond acceptors (Lipinski definition) is 1. The molecule has 0 amide bonds. The summed E-state index contributed by atoms with van der Waals surface area (Å²) in [5, 5.41) is 11.4. The first-order valence-electron chi connectivity index (χ1n) is 2.65. The van der Waals surface area contributed by atoms with Crippen LogP contribution in [0.3, 0.4) is 0 Å². The van der Waals surface area contributed by atoms with Crippen molar-refractivity contribution in [3.05, 3.63) is 22.4 Å². The molecule has 0 aliphatic rings. The third-order valence-electron chi connectivity index (χ3n) is 1.17. The first-order chi connectivity index (χ1) is 5.46. The molecule has 0 unspecified atom stereocenters. The monoisotopic (exact) mass is 506 g/mol. The van der Waals surface area contributed by atoms with Crippen molar-refractivity contribution >= 4 is 79.6 Å². The van der Waals surface area contributed by atoms with Crippen molar-refractivity contribution in [2.75, 3.05) is 0 Å². The summed E-state index contributed by atoms with van der Waals surface area (Å²) >= 11 is 16.2. The van der Waals surface area contributed by atoms with Crippen molar-refractivity contribution in [1.82, 2.24) is 0 Å². The second kappa shape index (κ2) is 6.23. The summed E-state index contributed by atoms with van der Waals surface area (Å²) in [5.41, 5.74) is 0. The van der Waals surface area contributed by atoms with Gasteiger partial charge in [0.15, 0.2) is 0 Å². The molecule has 0 aliphatic carbocycles. The van der Waals surface area contributed by atoms with Crippen LogP contribution in [0.5, 0.6) is 5.75 Å². The third-order valence-corrected chi connectivity index (χ3v) is 7.19. The molecular formula is C6Br5NaO. The zero-order valence-electron chi connectivity index (χ0n) is 6.30. The summed E-state index contributed by atoms with van der Waals surface area (Å²) in [6, 6.07) is 0. The molecule has 0 saturated heterocycles. The Bertz CT molecular complexity index is 235. The molecule has 0 atom stereocenters. The van der Waals surface area contributed by atoms with Crippen LogP contribution in [0.1, 0.15) is 0 Å². The summed E-state index contributed by atoms with van der Waals surface area (Å²) in [7, 11) is 0. The van der Waals surface area contributed by atoms with Gasteiger partial charge in [-0.25, -0.2) is 0 Å². The Morgan fingerprint density at radius 3 is 1.15 bits per heavy atom. The molecular weight excluding hydrogens is 511 g/mol. The van der Waals surface area contributed by atoms with Crippen molar-refractivity contribution in [2.45, 2.75) is 0 Å². The Morgan fingerprint density at radius 1 is 0.615 bits per heavy atom. The number of halogens is 5. The summed E-state index contributed by atoms with van der Waals surface area (Å²) in [6.45, 7) is 0. The van der Waals surface area contributed by atoms with Gasteiger partial charge in [0.05, 0.1) is 0 Å². The van der Waals surface area contributed by atoms with Crippen molar-refractivity contribution in [1.29, 1.82) is 0 Å². The van der Waals surface area contributed by atoms with Crippen LogP contribution >= 0.6 is 79.6 Å². The molecule has 1 nitrogen and oxygen atoms in total. The predicted octanol–water partition coefficient (Wildman–Crippen LogP) is 1.58. The number of benzene rings is 1. The third kappa shape index (κ3) is 3.19. The zero-order chi connectivity index (χ0) is 9.46. The molecule has 1 rings (SSSR count). The molecule has 0 aliphatic heterocycles. The van der Waals surface area contributed by atoms with Crippen molar-refractivity contribution in [2.24, 2.45) is 0 Å².